The van der Waals surface area contributed by atoms with Crippen molar-refractivity contribution in [1.82, 2.24) is 4.98 Å². The number of carbonyl (C=O) groups excluding carboxylic acids is 1. The number of nitrogens with zero attached hydrogens (tertiary/aromatic N) is 2. The molecule has 0 radical (unpaired) electrons. The van der Waals surface area contributed by atoms with Crippen LogP contribution in [0.3, 0.4) is 0 Å². The number of benzene rings is 2. The van der Waals surface area contributed by atoms with Gasteiger partial charge in [0.2, 0.25) is 5.91 Å². The van der Waals surface area contributed by atoms with Crippen molar-refractivity contribution in [3.05, 3.63) is 105 Å². The quantitative estimate of drug-likeness (QED) is 0.388. The number of nitrogens with two attached hydrogens (primary N) is 1. The number of carbonyl (C=O) groups is 1. The maximum absolute atomic E-state index is 12.2. The van der Waals surface area contributed by atoms with Crippen LogP contribution in [-0.2, 0) is 4.79 Å². The summed E-state index contributed by atoms with van der Waals surface area (Å²) >= 11 is 0. The fourth-order valence-electron chi connectivity index (χ4n) is 3.36. The molecular formula is C24H17N5O3. The van der Waals surface area contributed by atoms with E-state index in [1.165, 1.54) is 0 Å². The lowest BCUT2D eigenvalue weighted by molar-refractivity contribution is -0.118. The third-order valence-corrected chi connectivity index (χ3v) is 4.98. The molecule has 0 bridgehead atoms. The second-order valence-electron chi connectivity index (χ2n) is 7.07. The maximum Gasteiger partial charge on any atom is 0.253 e. The van der Waals surface area contributed by atoms with Crippen LogP contribution >= 0.6 is 0 Å². The van der Waals surface area contributed by atoms with Gasteiger partial charge in [-0.05, 0) is 47.0 Å². The van der Waals surface area contributed by atoms with Gasteiger partial charge in [-0.1, -0.05) is 30.3 Å². The van der Waals surface area contributed by atoms with Crippen molar-refractivity contribution in [2.24, 2.45) is 5.73 Å². The molecular weight excluding hydrogens is 406 g/mol. The van der Waals surface area contributed by atoms with E-state index in [1.54, 1.807) is 60.9 Å². The van der Waals surface area contributed by atoms with Gasteiger partial charge in [-0.2, -0.15) is 5.26 Å². The van der Waals surface area contributed by atoms with Crippen molar-refractivity contribution in [1.29, 1.82) is 5.26 Å². The molecule has 4 rings (SSSR count). The van der Waals surface area contributed by atoms with Crippen LogP contribution in [0.25, 0.3) is 11.1 Å². The van der Waals surface area contributed by atoms with E-state index in [0.29, 0.717) is 16.8 Å². The monoisotopic (exact) mass is 423 g/mol. The molecule has 4 N–H and O–H groups in total. The van der Waals surface area contributed by atoms with Crippen LogP contribution in [0.2, 0.25) is 0 Å². The van der Waals surface area contributed by atoms with Crippen LogP contribution in [0, 0.1) is 11.3 Å². The van der Waals surface area contributed by atoms with Gasteiger partial charge in [0.25, 0.3) is 10.9 Å². The Kier molecular flexibility index (Phi) is 5.47. The Morgan fingerprint density at radius 2 is 1.59 bits per heavy atom. The van der Waals surface area contributed by atoms with Gasteiger partial charge in [-0.15, -0.1) is 0 Å². The molecule has 3 aromatic carbocycles. The molecule has 4 aromatic rings. The van der Waals surface area contributed by atoms with Gasteiger partial charge in [-0.25, -0.2) is 0 Å². The Morgan fingerprint density at radius 3 is 2.28 bits per heavy atom. The summed E-state index contributed by atoms with van der Waals surface area (Å²) in [4.78, 5) is 40.4. The van der Waals surface area contributed by atoms with Gasteiger partial charge in [-0.3, -0.25) is 19.4 Å². The van der Waals surface area contributed by atoms with E-state index in [9.17, 15) is 14.4 Å². The number of rotatable bonds is 7. The molecule has 1 unspecified atom stereocenters. The van der Waals surface area contributed by atoms with E-state index in [4.69, 9.17) is 11.0 Å². The summed E-state index contributed by atoms with van der Waals surface area (Å²) < 4.78 is 0. The van der Waals surface area contributed by atoms with Crippen molar-refractivity contribution in [3.63, 3.8) is 0 Å². The molecule has 0 aliphatic rings. The molecule has 32 heavy (non-hydrogen) atoms. The van der Waals surface area contributed by atoms with E-state index in [0.717, 1.165) is 11.1 Å². The Morgan fingerprint density at radius 1 is 0.938 bits per heavy atom. The van der Waals surface area contributed by atoms with Crippen molar-refractivity contribution in [3.8, 4) is 17.2 Å². The zero-order valence-corrected chi connectivity index (χ0v) is 16.7. The highest BCUT2D eigenvalue weighted by atomic mass is 16.2. The second-order valence-corrected chi connectivity index (χ2v) is 7.07. The highest BCUT2D eigenvalue weighted by Gasteiger charge is 2.27. The number of pyridine rings is 1. The van der Waals surface area contributed by atoms with Gasteiger partial charge in [0.15, 0.2) is 0 Å². The Bertz CT molecular complexity index is 1420. The highest BCUT2D eigenvalue weighted by molar-refractivity contribution is 5.88. The van der Waals surface area contributed by atoms with Gasteiger partial charge in [0, 0.05) is 18.1 Å². The van der Waals surface area contributed by atoms with Crippen LogP contribution < -0.4 is 27.2 Å². The second kappa shape index (κ2) is 8.53. The normalized spacial score (nSPS) is 11.5. The molecule has 0 spiro atoms. The Labute approximate surface area is 182 Å². The van der Waals surface area contributed by atoms with Crippen molar-refractivity contribution in [2.45, 2.75) is 6.04 Å². The fourth-order valence-corrected chi connectivity index (χ4v) is 3.36. The molecule has 0 aliphatic heterocycles. The van der Waals surface area contributed by atoms with Crippen LogP contribution in [-0.4, -0.2) is 10.9 Å². The summed E-state index contributed by atoms with van der Waals surface area (Å²) in [5.41, 5.74) is 7.42. The van der Waals surface area contributed by atoms with Crippen LogP contribution in [0.5, 0.6) is 0 Å². The summed E-state index contributed by atoms with van der Waals surface area (Å²) in [7, 11) is 0. The lowest BCUT2D eigenvalue weighted by Gasteiger charge is -2.21. The number of nitrogens with one attached hydrogen (secondary N) is 2. The number of aromatic nitrogens is 1. The minimum absolute atomic E-state index is 0.00695. The van der Waals surface area contributed by atoms with Crippen LogP contribution in [0.1, 0.15) is 17.2 Å². The molecule has 1 aromatic heterocycles. The first-order valence-corrected chi connectivity index (χ1v) is 9.64. The van der Waals surface area contributed by atoms with Crippen molar-refractivity contribution in [2.75, 3.05) is 10.6 Å². The first-order chi connectivity index (χ1) is 15.5. The van der Waals surface area contributed by atoms with Crippen LogP contribution in [0.4, 0.5) is 17.1 Å². The largest absolute Gasteiger partial charge is 0.368 e. The molecule has 0 fully saturated rings. The van der Waals surface area contributed by atoms with Crippen molar-refractivity contribution < 1.29 is 4.79 Å². The summed E-state index contributed by atoms with van der Waals surface area (Å²) in [5.74, 6) is -0.712. The number of hydrogen-bond donors (Lipinski definition) is 3. The molecule has 1 atom stereocenters. The number of nitriles is 1. The lowest BCUT2D eigenvalue weighted by Crippen LogP contribution is -2.39. The number of hydrogen-bond acceptors (Lipinski definition) is 7. The Hall–Kier alpha value is -4.77. The number of amides is 1. The van der Waals surface area contributed by atoms with Gasteiger partial charge >= 0.3 is 0 Å². The maximum atomic E-state index is 12.2. The average Bonchev–Trinajstić information content (AvgIpc) is 2.83. The molecule has 0 aliphatic carbocycles. The molecule has 156 valence electrons. The first kappa shape index (κ1) is 20.5. The first-order valence-electron chi connectivity index (χ1n) is 9.64. The van der Waals surface area contributed by atoms with E-state index in [-0.39, 0.29) is 11.4 Å². The minimum Gasteiger partial charge on any atom is -0.368 e. The standard InChI is InChI=1S/C24H17N5O3/c25-13-14-3-1-4-15(11-14)16-5-2-6-17(12-16)19(24(26)32)29-21-20(22(30)23(21)31)28-18-7-9-27-10-8-18/h1-12,19,29H,(H2,26,32)(H,27,28). The Balaban J connectivity index is 1.66. The summed E-state index contributed by atoms with van der Waals surface area (Å²) in [6.07, 6.45) is 3.08. The lowest BCUT2D eigenvalue weighted by atomic mass is 9.97. The van der Waals surface area contributed by atoms with Crippen LogP contribution in [0.15, 0.2) is 82.6 Å². The third kappa shape index (κ3) is 3.95. The molecule has 8 heteroatoms. The van der Waals surface area contributed by atoms with E-state index >= 15 is 0 Å². The van der Waals surface area contributed by atoms with E-state index in [2.05, 4.69) is 21.7 Å². The van der Waals surface area contributed by atoms with Gasteiger partial charge in [0.1, 0.15) is 17.4 Å². The highest BCUT2D eigenvalue weighted by Crippen LogP contribution is 2.28. The van der Waals surface area contributed by atoms with Gasteiger partial charge < -0.3 is 16.4 Å². The predicted molar refractivity (Wildman–Crippen MR) is 121 cm³/mol. The zero-order valence-electron chi connectivity index (χ0n) is 16.7. The van der Waals surface area contributed by atoms with E-state index < -0.39 is 22.8 Å². The predicted octanol–water partition coefficient (Wildman–Crippen LogP) is 2.60. The minimum atomic E-state index is -1.05. The van der Waals surface area contributed by atoms with Gasteiger partial charge in [0.05, 0.1) is 11.6 Å². The summed E-state index contributed by atoms with van der Waals surface area (Å²) in [6, 6.07) is 18.4. The number of anilines is 3. The zero-order chi connectivity index (χ0) is 22.7. The summed E-state index contributed by atoms with van der Waals surface area (Å²) in [5, 5.41) is 14.8. The average molecular weight is 423 g/mol. The molecule has 1 amide bonds. The smallest absolute Gasteiger partial charge is 0.253 e. The third-order valence-electron chi connectivity index (χ3n) is 4.98. The SMILES string of the molecule is N#Cc1cccc(-c2cccc(C(Nc3c(Nc4ccncc4)c(=O)c3=O)C(N)=O)c2)c1. The fraction of sp³-hybridized carbons (Fsp3) is 0.0417. The van der Waals surface area contributed by atoms with E-state index in [1.807, 2.05) is 12.1 Å². The molecule has 0 saturated carbocycles. The molecule has 0 saturated heterocycles. The molecule has 1 heterocycles. The molecule has 8 nitrogen and oxygen atoms in total. The summed E-state index contributed by atoms with van der Waals surface area (Å²) in [6.45, 7) is 0. The number of primary amides is 1. The topological polar surface area (TPSA) is 138 Å². The van der Waals surface area contributed by atoms with Crippen molar-refractivity contribution >= 4 is 23.0 Å².